The van der Waals surface area contributed by atoms with Crippen molar-refractivity contribution in [2.24, 2.45) is 0 Å². The molecule has 0 bridgehead atoms. The number of para-hydroxylation sites is 1. The van der Waals surface area contributed by atoms with Gasteiger partial charge in [-0.05, 0) is 30.9 Å². The summed E-state index contributed by atoms with van der Waals surface area (Å²) in [6, 6.07) is 8.26. The molecule has 1 saturated heterocycles. The van der Waals surface area contributed by atoms with Gasteiger partial charge in [-0.2, -0.15) is 0 Å². The fourth-order valence-electron chi connectivity index (χ4n) is 2.71. The molecule has 4 nitrogen and oxygen atoms in total. The molecule has 1 heterocycles. The Bertz CT molecular complexity index is 433. The lowest BCUT2D eigenvalue weighted by molar-refractivity contribution is -0.135. The van der Waals surface area contributed by atoms with E-state index in [1.165, 1.54) is 0 Å². The van der Waals surface area contributed by atoms with Gasteiger partial charge in [-0.15, -0.1) is 0 Å². The highest BCUT2D eigenvalue weighted by molar-refractivity contribution is 5.78. The quantitative estimate of drug-likeness (QED) is 0.814. The number of benzene rings is 1. The number of carbonyl (C=O) groups is 1. The van der Waals surface area contributed by atoms with Crippen LogP contribution in [0, 0.1) is 0 Å². The Kier molecular flexibility index (Phi) is 4.80. The van der Waals surface area contributed by atoms with Gasteiger partial charge in [0.25, 0.3) is 0 Å². The van der Waals surface area contributed by atoms with Crippen molar-refractivity contribution < 1.29 is 14.3 Å². The van der Waals surface area contributed by atoms with Crippen LogP contribution in [0.5, 0.6) is 5.75 Å². The molecule has 0 radical (unpaired) electrons. The summed E-state index contributed by atoms with van der Waals surface area (Å²) in [6.45, 7) is 1.00. The van der Waals surface area contributed by atoms with Crippen molar-refractivity contribution in [1.29, 1.82) is 0 Å². The molecule has 1 fully saturated rings. The third-order valence-corrected chi connectivity index (χ3v) is 3.61. The fourth-order valence-corrected chi connectivity index (χ4v) is 2.71. The van der Waals surface area contributed by atoms with Gasteiger partial charge in [-0.1, -0.05) is 18.2 Å². The van der Waals surface area contributed by atoms with Crippen LogP contribution in [0.25, 0.3) is 0 Å². The lowest BCUT2D eigenvalue weighted by atomic mass is 10.0. The number of amides is 1. The Morgan fingerprint density at radius 3 is 2.89 bits per heavy atom. The zero-order valence-electron chi connectivity index (χ0n) is 11.6. The van der Waals surface area contributed by atoms with E-state index >= 15 is 0 Å². The van der Waals surface area contributed by atoms with Gasteiger partial charge in [0, 0.05) is 19.7 Å². The first kappa shape index (κ1) is 13.9. The third kappa shape index (κ3) is 3.26. The highest BCUT2D eigenvalue weighted by atomic mass is 16.5. The summed E-state index contributed by atoms with van der Waals surface area (Å²) >= 11 is 0. The molecule has 19 heavy (non-hydrogen) atoms. The Balaban J connectivity index is 2.07. The van der Waals surface area contributed by atoms with E-state index in [9.17, 15) is 4.79 Å². The van der Waals surface area contributed by atoms with Gasteiger partial charge >= 0.3 is 0 Å². The van der Waals surface area contributed by atoms with Crippen LogP contribution in [-0.2, 0) is 16.0 Å². The van der Waals surface area contributed by atoms with Crippen molar-refractivity contribution in [1.82, 2.24) is 4.90 Å². The van der Waals surface area contributed by atoms with E-state index in [1.54, 1.807) is 14.2 Å². The smallest absolute Gasteiger partial charge is 0.248 e. The number of methoxy groups -OCH3 is 2. The number of hydrogen-bond donors (Lipinski definition) is 0. The molecule has 0 N–H and O–H groups in total. The van der Waals surface area contributed by atoms with E-state index in [1.807, 2.05) is 23.1 Å². The van der Waals surface area contributed by atoms with E-state index in [-0.39, 0.29) is 18.6 Å². The Morgan fingerprint density at radius 1 is 1.37 bits per heavy atom. The molecule has 1 aliphatic rings. The molecule has 4 heteroatoms. The van der Waals surface area contributed by atoms with Gasteiger partial charge in [0.2, 0.25) is 5.91 Å². The van der Waals surface area contributed by atoms with Crippen molar-refractivity contribution >= 4 is 5.91 Å². The van der Waals surface area contributed by atoms with Crippen LogP contribution >= 0.6 is 0 Å². The van der Waals surface area contributed by atoms with Crippen molar-refractivity contribution in [2.75, 3.05) is 27.4 Å². The molecular weight excluding hydrogens is 242 g/mol. The summed E-state index contributed by atoms with van der Waals surface area (Å²) < 4.78 is 10.3. The van der Waals surface area contributed by atoms with Gasteiger partial charge in [0.15, 0.2) is 0 Å². The minimum atomic E-state index is 0.0832. The number of carbonyl (C=O) groups excluding carboxylic acids is 1. The maximum atomic E-state index is 12.0. The average Bonchev–Trinajstić information content (AvgIpc) is 2.88. The summed E-state index contributed by atoms with van der Waals surface area (Å²) in [5.41, 5.74) is 1.16. The Labute approximate surface area is 114 Å². The number of likely N-dealkylation sites (tertiary alicyclic amines) is 1. The van der Waals surface area contributed by atoms with Gasteiger partial charge < -0.3 is 14.4 Å². The van der Waals surface area contributed by atoms with Crippen molar-refractivity contribution in [2.45, 2.75) is 25.3 Å². The summed E-state index contributed by atoms with van der Waals surface area (Å²) in [5, 5.41) is 0. The second-order valence-electron chi connectivity index (χ2n) is 4.83. The highest BCUT2D eigenvalue weighted by Gasteiger charge is 2.29. The monoisotopic (exact) mass is 263 g/mol. The largest absolute Gasteiger partial charge is 0.496 e. The predicted molar refractivity (Wildman–Crippen MR) is 73.3 cm³/mol. The highest BCUT2D eigenvalue weighted by Crippen LogP contribution is 2.26. The molecule has 0 spiro atoms. The zero-order valence-corrected chi connectivity index (χ0v) is 11.6. The van der Waals surface area contributed by atoms with E-state index in [2.05, 4.69) is 6.07 Å². The molecule has 1 aromatic carbocycles. The van der Waals surface area contributed by atoms with E-state index in [0.29, 0.717) is 0 Å². The van der Waals surface area contributed by atoms with Crippen molar-refractivity contribution in [3.8, 4) is 5.75 Å². The Morgan fingerprint density at radius 2 is 2.16 bits per heavy atom. The first-order chi connectivity index (χ1) is 9.26. The molecule has 0 unspecified atom stereocenters. The maximum Gasteiger partial charge on any atom is 0.248 e. The van der Waals surface area contributed by atoms with Gasteiger partial charge in [0.1, 0.15) is 12.4 Å². The minimum absolute atomic E-state index is 0.0832. The molecule has 0 saturated carbocycles. The van der Waals surface area contributed by atoms with E-state index < -0.39 is 0 Å². The summed E-state index contributed by atoms with van der Waals surface area (Å²) in [5.74, 6) is 0.980. The predicted octanol–water partition coefficient (Wildman–Crippen LogP) is 1.88. The van der Waals surface area contributed by atoms with Crippen LogP contribution in [0.3, 0.4) is 0 Å². The maximum absolute atomic E-state index is 12.0. The average molecular weight is 263 g/mol. The number of hydrogen-bond acceptors (Lipinski definition) is 3. The lowest BCUT2D eigenvalue weighted by Crippen LogP contribution is -2.38. The second-order valence-corrected chi connectivity index (χ2v) is 4.83. The standard InChI is InChI=1S/C15H21NO3/c1-18-11-15(17)16-9-5-7-13(16)10-12-6-3-4-8-14(12)19-2/h3-4,6,8,13H,5,7,9-11H2,1-2H3/t13-/m0/s1. The molecule has 0 aliphatic carbocycles. The van der Waals surface area contributed by atoms with Crippen LogP contribution in [0.2, 0.25) is 0 Å². The van der Waals surface area contributed by atoms with Gasteiger partial charge in [-0.25, -0.2) is 0 Å². The molecule has 1 aliphatic heterocycles. The van der Waals surface area contributed by atoms with E-state index in [0.717, 1.165) is 37.1 Å². The van der Waals surface area contributed by atoms with Crippen LogP contribution in [0.4, 0.5) is 0 Å². The number of ether oxygens (including phenoxy) is 2. The molecule has 1 aromatic rings. The third-order valence-electron chi connectivity index (χ3n) is 3.61. The van der Waals surface area contributed by atoms with E-state index in [4.69, 9.17) is 9.47 Å². The molecular formula is C15H21NO3. The Hall–Kier alpha value is -1.55. The second kappa shape index (κ2) is 6.57. The van der Waals surface area contributed by atoms with Gasteiger partial charge in [-0.3, -0.25) is 4.79 Å². The lowest BCUT2D eigenvalue weighted by Gasteiger charge is -2.25. The van der Waals surface area contributed by atoms with Crippen LogP contribution in [-0.4, -0.2) is 44.2 Å². The summed E-state index contributed by atoms with van der Waals surface area (Å²) in [7, 11) is 3.24. The summed E-state index contributed by atoms with van der Waals surface area (Å²) in [6.07, 6.45) is 2.96. The van der Waals surface area contributed by atoms with Gasteiger partial charge in [0.05, 0.1) is 7.11 Å². The minimum Gasteiger partial charge on any atom is -0.496 e. The first-order valence-electron chi connectivity index (χ1n) is 6.66. The SMILES string of the molecule is COCC(=O)N1CCC[C@H]1Cc1ccccc1OC. The summed E-state index contributed by atoms with van der Waals surface area (Å²) in [4.78, 5) is 13.9. The van der Waals surface area contributed by atoms with Crippen LogP contribution in [0.15, 0.2) is 24.3 Å². The molecule has 0 aromatic heterocycles. The van der Waals surface area contributed by atoms with Crippen LogP contribution < -0.4 is 4.74 Å². The first-order valence-corrected chi connectivity index (χ1v) is 6.66. The topological polar surface area (TPSA) is 38.8 Å². The number of nitrogens with zero attached hydrogens (tertiary/aromatic N) is 1. The molecule has 2 rings (SSSR count). The molecule has 1 amide bonds. The normalized spacial score (nSPS) is 18.6. The van der Waals surface area contributed by atoms with Crippen LogP contribution in [0.1, 0.15) is 18.4 Å². The fraction of sp³-hybridized carbons (Fsp3) is 0.533. The van der Waals surface area contributed by atoms with Crippen molar-refractivity contribution in [3.05, 3.63) is 29.8 Å². The molecule has 104 valence electrons. The molecule has 1 atom stereocenters. The number of rotatable bonds is 5. The zero-order chi connectivity index (χ0) is 13.7. The van der Waals surface area contributed by atoms with Crippen molar-refractivity contribution in [3.63, 3.8) is 0 Å².